The van der Waals surface area contributed by atoms with Gasteiger partial charge < -0.3 is 14.2 Å². The van der Waals surface area contributed by atoms with Crippen LogP contribution in [0, 0.1) is 6.92 Å². The normalized spacial score (nSPS) is 21.6. The molecule has 0 bridgehead atoms. The highest BCUT2D eigenvalue weighted by Gasteiger charge is 2.39. The molecule has 0 spiro atoms. The summed E-state index contributed by atoms with van der Waals surface area (Å²) in [4.78, 5) is 31.1. The Kier molecular flexibility index (Phi) is 5.74. The van der Waals surface area contributed by atoms with E-state index in [0.717, 1.165) is 31.0 Å². The molecule has 2 aliphatic rings. The van der Waals surface area contributed by atoms with Crippen LogP contribution in [0.3, 0.4) is 0 Å². The van der Waals surface area contributed by atoms with E-state index in [1.54, 1.807) is 4.90 Å². The molecule has 27 heavy (non-hydrogen) atoms. The zero-order valence-corrected chi connectivity index (χ0v) is 16.7. The lowest BCUT2D eigenvalue weighted by molar-refractivity contribution is -0.137. The fourth-order valence-corrected chi connectivity index (χ4v) is 3.61. The van der Waals surface area contributed by atoms with Crippen LogP contribution < -0.4 is 0 Å². The van der Waals surface area contributed by atoms with Crippen LogP contribution in [0.2, 0.25) is 0 Å². The summed E-state index contributed by atoms with van der Waals surface area (Å²) in [5.74, 6) is 0.882. The van der Waals surface area contributed by atoms with Gasteiger partial charge in [-0.1, -0.05) is 5.16 Å². The van der Waals surface area contributed by atoms with E-state index in [-0.39, 0.29) is 5.91 Å². The van der Waals surface area contributed by atoms with Crippen LogP contribution in [-0.2, 0) is 16.1 Å². The van der Waals surface area contributed by atoms with E-state index in [0.29, 0.717) is 32.6 Å². The molecule has 8 heteroatoms. The van der Waals surface area contributed by atoms with Crippen LogP contribution in [0.1, 0.15) is 45.1 Å². The Morgan fingerprint density at radius 1 is 1.22 bits per heavy atom. The Hall–Kier alpha value is -2.09. The fraction of sp³-hybridized carbons (Fsp3) is 0.737. The molecule has 2 aliphatic heterocycles. The number of aryl methyl sites for hydroxylation is 1. The molecule has 0 saturated carbocycles. The molecular weight excluding hydrogens is 348 g/mol. The number of piperazine rings is 1. The van der Waals surface area contributed by atoms with Gasteiger partial charge in [0.1, 0.15) is 11.6 Å². The molecule has 8 nitrogen and oxygen atoms in total. The molecule has 3 rings (SSSR count). The monoisotopic (exact) mass is 378 g/mol. The SMILES string of the molecule is Cc1cc(CN2CCN(C(=O)C3CCCN3C(=O)OC(C)(C)C)CC2)on1. The predicted octanol–water partition coefficient (Wildman–Crippen LogP) is 2.03. The Morgan fingerprint density at radius 2 is 1.93 bits per heavy atom. The standard InChI is InChI=1S/C19H30N4O4/c1-14-12-15(27-20-14)13-21-8-10-22(11-9-21)17(24)16-6-5-7-23(16)18(25)26-19(2,3)4/h12,16H,5-11,13H2,1-4H3. The summed E-state index contributed by atoms with van der Waals surface area (Å²) >= 11 is 0. The summed E-state index contributed by atoms with van der Waals surface area (Å²) in [6.45, 7) is 11.6. The van der Waals surface area contributed by atoms with E-state index in [4.69, 9.17) is 9.26 Å². The summed E-state index contributed by atoms with van der Waals surface area (Å²) in [5, 5.41) is 3.91. The number of carbonyl (C=O) groups is 2. The van der Waals surface area contributed by atoms with Gasteiger partial charge in [0.15, 0.2) is 5.76 Å². The Morgan fingerprint density at radius 3 is 2.52 bits per heavy atom. The van der Waals surface area contributed by atoms with Gasteiger partial charge in [-0.2, -0.15) is 0 Å². The minimum Gasteiger partial charge on any atom is -0.444 e. The van der Waals surface area contributed by atoms with Crippen molar-refractivity contribution >= 4 is 12.0 Å². The third kappa shape index (κ3) is 5.00. The third-order valence-corrected chi connectivity index (χ3v) is 4.91. The fourth-order valence-electron chi connectivity index (χ4n) is 3.61. The molecule has 0 aromatic carbocycles. The van der Waals surface area contributed by atoms with Crippen LogP contribution >= 0.6 is 0 Å². The summed E-state index contributed by atoms with van der Waals surface area (Å²) in [6.07, 6.45) is 1.15. The highest BCUT2D eigenvalue weighted by atomic mass is 16.6. The van der Waals surface area contributed by atoms with Crippen LogP contribution in [0.5, 0.6) is 0 Å². The molecule has 150 valence electrons. The smallest absolute Gasteiger partial charge is 0.410 e. The molecule has 0 N–H and O–H groups in total. The average Bonchev–Trinajstić information content (AvgIpc) is 3.22. The molecule has 0 radical (unpaired) electrons. The highest BCUT2D eigenvalue weighted by Crippen LogP contribution is 2.23. The molecule has 0 aliphatic carbocycles. The van der Waals surface area contributed by atoms with E-state index >= 15 is 0 Å². The van der Waals surface area contributed by atoms with E-state index in [9.17, 15) is 9.59 Å². The van der Waals surface area contributed by atoms with Gasteiger partial charge in [-0.3, -0.25) is 14.6 Å². The van der Waals surface area contributed by atoms with Crippen molar-refractivity contribution in [3.05, 3.63) is 17.5 Å². The van der Waals surface area contributed by atoms with Gasteiger partial charge in [-0.25, -0.2) is 4.79 Å². The van der Waals surface area contributed by atoms with Gasteiger partial charge in [0, 0.05) is 38.8 Å². The first-order valence-corrected chi connectivity index (χ1v) is 9.66. The van der Waals surface area contributed by atoms with Crippen molar-refractivity contribution in [3.8, 4) is 0 Å². The van der Waals surface area contributed by atoms with Crippen LogP contribution in [-0.4, -0.2) is 76.2 Å². The molecule has 3 heterocycles. The van der Waals surface area contributed by atoms with Crippen molar-refractivity contribution in [2.45, 2.75) is 58.7 Å². The van der Waals surface area contributed by atoms with Crippen molar-refractivity contribution < 1.29 is 18.8 Å². The second kappa shape index (κ2) is 7.88. The molecule has 2 saturated heterocycles. The second-order valence-corrected chi connectivity index (χ2v) is 8.37. The van der Waals surface area contributed by atoms with Crippen LogP contribution in [0.25, 0.3) is 0 Å². The van der Waals surface area contributed by atoms with Gasteiger partial charge in [0.05, 0.1) is 12.2 Å². The molecule has 1 aromatic heterocycles. The molecular formula is C19H30N4O4. The first-order chi connectivity index (χ1) is 12.7. The average molecular weight is 378 g/mol. The lowest BCUT2D eigenvalue weighted by Gasteiger charge is -2.37. The summed E-state index contributed by atoms with van der Waals surface area (Å²) < 4.78 is 10.7. The number of nitrogens with zero attached hydrogens (tertiary/aromatic N) is 4. The largest absolute Gasteiger partial charge is 0.444 e. The van der Waals surface area contributed by atoms with Crippen molar-refractivity contribution in [2.75, 3.05) is 32.7 Å². The number of carbonyl (C=O) groups excluding carboxylic acids is 2. The van der Waals surface area contributed by atoms with Gasteiger partial charge in [-0.15, -0.1) is 0 Å². The molecule has 2 fully saturated rings. The lowest BCUT2D eigenvalue weighted by Crippen LogP contribution is -2.54. The summed E-state index contributed by atoms with van der Waals surface area (Å²) in [5.41, 5.74) is 0.320. The summed E-state index contributed by atoms with van der Waals surface area (Å²) in [6, 6.07) is 1.54. The molecule has 2 amide bonds. The Bertz CT molecular complexity index is 673. The van der Waals surface area contributed by atoms with Crippen LogP contribution in [0.4, 0.5) is 4.79 Å². The number of amides is 2. The molecule has 1 atom stereocenters. The maximum absolute atomic E-state index is 13.0. The topological polar surface area (TPSA) is 79.1 Å². The summed E-state index contributed by atoms with van der Waals surface area (Å²) in [7, 11) is 0. The predicted molar refractivity (Wildman–Crippen MR) is 99.1 cm³/mol. The molecule has 1 unspecified atom stereocenters. The quantitative estimate of drug-likeness (QED) is 0.801. The zero-order chi connectivity index (χ0) is 19.6. The first kappa shape index (κ1) is 19.7. The Labute approximate surface area is 160 Å². The van der Waals surface area contributed by atoms with Gasteiger partial charge >= 0.3 is 6.09 Å². The number of likely N-dealkylation sites (tertiary alicyclic amines) is 1. The minimum atomic E-state index is -0.558. The zero-order valence-electron chi connectivity index (χ0n) is 16.7. The van der Waals surface area contributed by atoms with Crippen LogP contribution in [0.15, 0.2) is 10.6 Å². The number of ether oxygens (including phenoxy) is 1. The number of hydrogen-bond acceptors (Lipinski definition) is 6. The van der Waals surface area contributed by atoms with Crippen molar-refractivity contribution in [3.63, 3.8) is 0 Å². The first-order valence-electron chi connectivity index (χ1n) is 9.66. The van der Waals surface area contributed by atoms with Gasteiger partial charge in [0.2, 0.25) is 5.91 Å². The second-order valence-electron chi connectivity index (χ2n) is 8.37. The van der Waals surface area contributed by atoms with Crippen molar-refractivity contribution in [1.29, 1.82) is 0 Å². The highest BCUT2D eigenvalue weighted by molar-refractivity contribution is 5.86. The third-order valence-electron chi connectivity index (χ3n) is 4.91. The molecule has 1 aromatic rings. The van der Waals surface area contributed by atoms with E-state index < -0.39 is 17.7 Å². The lowest BCUT2D eigenvalue weighted by atomic mass is 10.1. The Balaban J connectivity index is 1.53. The number of rotatable bonds is 3. The van der Waals surface area contributed by atoms with E-state index in [1.165, 1.54) is 0 Å². The van der Waals surface area contributed by atoms with Crippen molar-refractivity contribution in [1.82, 2.24) is 19.9 Å². The van der Waals surface area contributed by atoms with Gasteiger partial charge in [-0.05, 0) is 40.5 Å². The number of aromatic nitrogens is 1. The van der Waals surface area contributed by atoms with Crippen molar-refractivity contribution in [2.24, 2.45) is 0 Å². The van der Waals surface area contributed by atoms with Gasteiger partial charge in [0.25, 0.3) is 0 Å². The van der Waals surface area contributed by atoms with E-state index in [1.807, 2.05) is 38.7 Å². The van der Waals surface area contributed by atoms with E-state index in [2.05, 4.69) is 10.1 Å². The maximum atomic E-state index is 13.0. The maximum Gasteiger partial charge on any atom is 0.410 e. The number of hydrogen-bond donors (Lipinski definition) is 0. The minimum absolute atomic E-state index is 0.0357.